The molecule has 0 bridgehead atoms. The van der Waals surface area contributed by atoms with Gasteiger partial charge in [0.1, 0.15) is 15.7 Å². The van der Waals surface area contributed by atoms with Crippen LogP contribution >= 0.6 is 11.6 Å². The standard InChI is InChI=1S/C22H15B3ClF2N3O4/c23-17(31(25)20(35)22(27,28)13-2-4-14(26)5-3-13)11-1-6-15-12(9-11)10-30(18(15)33)21(24)8-7-16(32)29-19(21)34/h1-6,9,17H,7-8,10H2,(H,29,32,34)/t17?,21-/m1/s1. The first-order valence-corrected chi connectivity index (χ1v) is 10.8. The fourth-order valence-corrected chi connectivity index (χ4v) is 4.18. The lowest BCUT2D eigenvalue weighted by Crippen LogP contribution is -2.63. The van der Waals surface area contributed by atoms with Crippen LogP contribution in [0.25, 0.3) is 0 Å². The molecule has 2 atom stereocenters. The first-order chi connectivity index (χ1) is 16.4. The van der Waals surface area contributed by atoms with Crippen LogP contribution in [0.1, 0.15) is 45.8 Å². The number of rotatable bonds is 5. The molecule has 0 spiro atoms. The Labute approximate surface area is 208 Å². The van der Waals surface area contributed by atoms with Gasteiger partial charge in [-0.05, 0) is 35.7 Å². The number of imide groups is 1. The van der Waals surface area contributed by atoms with Gasteiger partial charge in [0.15, 0.2) is 0 Å². The Morgan fingerprint density at radius 1 is 1.17 bits per heavy atom. The number of hydrogen-bond acceptors (Lipinski definition) is 4. The summed E-state index contributed by atoms with van der Waals surface area (Å²) in [4.78, 5) is 50.6. The molecule has 4 amide bonds. The van der Waals surface area contributed by atoms with Crippen molar-refractivity contribution in [1.82, 2.24) is 15.0 Å². The molecule has 1 N–H and O–H groups in total. The van der Waals surface area contributed by atoms with E-state index in [1.165, 1.54) is 30.3 Å². The second kappa shape index (κ2) is 8.82. The van der Waals surface area contributed by atoms with Crippen molar-refractivity contribution >= 4 is 58.9 Å². The summed E-state index contributed by atoms with van der Waals surface area (Å²) >= 11 is 5.72. The number of carbonyl (C=O) groups excluding carboxylic acids is 4. The Morgan fingerprint density at radius 2 is 1.83 bits per heavy atom. The predicted molar refractivity (Wildman–Crippen MR) is 124 cm³/mol. The minimum atomic E-state index is -3.97. The molecule has 2 aliphatic rings. The summed E-state index contributed by atoms with van der Waals surface area (Å²) in [6.07, 6.45) is -0.0980. The van der Waals surface area contributed by atoms with E-state index in [-0.39, 0.29) is 40.3 Å². The molecule has 1 saturated heterocycles. The van der Waals surface area contributed by atoms with Crippen molar-refractivity contribution in [3.8, 4) is 0 Å². The molecule has 1 fully saturated rings. The van der Waals surface area contributed by atoms with E-state index >= 15 is 0 Å². The molecule has 2 aliphatic heterocycles. The van der Waals surface area contributed by atoms with Crippen molar-refractivity contribution < 1.29 is 28.0 Å². The molecule has 4 rings (SSSR count). The van der Waals surface area contributed by atoms with Gasteiger partial charge in [0.05, 0.1) is 5.44 Å². The SMILES string of the molecule is [B]C(c1ccc2c(c1)CN([C@]1([B])CCC(=O)NC1=O)C2=O)N([B])C(=O)C(F)(F)c1ccc(Cl)cc1. The zero-order valence-electron chi connectivity index (χ0n) is 18.1. The summed E-state index contributed by atoms with van der Waals surface area (Å²) in [5, 5.41) is 2.35. The van der Waals surface area contributed by atoms with E-state index in [1.807, 2.05) is 0 Å². The molecule has 0 aromatic heterocycles. The summed E-state index contributed by atoms with van der Waals surface area (Å²) in [7, 11) is 17.9. The van der Waals surface area contributed by atoms with Gasteiger partial charge < -0.3 is 9.71 Å². The van der Waals surface area contributed by atoms with Crippen LogP contribution in [-0.4, -0.2) is 62.5 Å². The second-order valence-corrected chi connectivity index (χ2v) is 8.78. The zero-order chi connectivity index (χ0) is 25.7. The van der Waals surface area contributed by atoms with Crippen molar-refractivity contribution in [2.75, 3.05) is 0 Å². The highest BCUT2D eigenvalue weighted by Gasteiger charge is 2.48. The van der Waals surface area contributed by atoms with E-state index in [4.69, 9.17) is 35.3 Å². The minimum absolute atomic E-state index is 0.0371. The third-order valence-corrected chi connectivity index (χ3v) is 6.40. The highest BCUT2D eigenvalue weighted by atomic mass is 35.5. The lowest BCUT2D eigenvalue weighted by molar-refractivity contribution is -0.154. The van der Waals surface area contributed by atoms with E-state index in [1.54, 1.807) is 0 Å². The van der Waals surface area contributed by atoms with Crippen LogP contribution in [0.15, 0.2) is 42.5 Å². The van der Waals surface area contributed by atoms with E-state index in [2.05, 4.69) is 5.32 Å². The summed E-state index contributed by atoms with van der Waals surface area (Å²) < 4.78 is 29.5. The number of benzene rings is 2. The number of fused-ring (bicyclic) bond motifs is 1. The first kappa shape index (κ1) is 25.0. The van der Waals surface area contributed by atoms with Crippen LogP contribution in [0, 0.1) is 0 Å². The average molecular weight is 491 g/mol. The highest BCUT2D eigenvalue weighted by Crippen LogP contribution is 2.36. The van der Waals surface area contributed by atoms with Crippen LogP contribution in [0.4, 0.5) is 8.78 Å². The smallest absolute Gasteiger partial charge is 0.348 e. The molecule has 172 valence electrons. The predicted octanol–water partition coefficient (Wildman–Crippen LogP) is 1.47. The Hall–Kier alpha value is -3.14. The molecule has 6 radical (unpaired) electrons. The van der Waals surface area contributed by atoms with Gasteiger partial charge in [-0.15, -0.1) is 0 Å². The second-order valence-electron chi connectivity index (χ2n) is 8.35. The molecule has 0 aliphatic carbocycles. The highest BCUT2D eigenvalue weighted by molar-refractivity contribution is 6.32. The fourth-order valence-electron chi connectivity index (χ4n) is 4.05. The van der Waals surface area contributed by atoms with Crippen molar-refractivity contribution in [3.63, 3.8) is 0 Å². The summed E-state index contributed by atoms with van der Waals surface area (Å²) in [6.45, 7) is -0.0910. The largest absolute Gasteiger partial charge is 0.393 e. The molecule has 2 aromatic carbocycles. The number of amides is 4. The van der Waals surface area contributed by atoms with Crippen LogP contribution in [-0.2, 0) is 26.9 Å². The van der Waals surface area contributed by atoms with Gasteiger partial charge in [-0.3, -0.25) is 24.5 Å². The number of hydrogen-bond donors (Lipinski definition) is 1. The van der Waals surface area contributed by atoms with E-state index in [9.17, 15) is 28.0 Å². The van der Waals surface area contributed by atoms with E-state index in [0.29, 0.717) is 5.56 Å². The van der Waals surface area contributed by atoms with Crippen LogP contribution in [0.2, 0.25) is 5.02 Å². The number of nitrogens with one attached hydrogen (secondary N) is 1. The number of carbonyl (C=O) groups is 4. The third kappa shape index (κ3) is 4.24. The maximum atomic E-state index is 14.7. The lowest BCUT2D eigenvalue weighted by atomic mass is 9.70. The monoisotopic (exact) mass is 491 g/mol. The van der Waals surface area contributed by atoms with Crippen LogP contribution < -0.4 is 5.32 Å². The van der Waals surface area contributed by atoms with Crippen molar-refractivity contribution in [2.24, 2.45) is 0 Å². The maximum Gasteiger partial charge on any atom is 0.348 e. The van der Waals surface area contributed by atoms with Gasteiger partial charge in [0.2, 0.25) is 19.8 Å². The topological polar surface area (TPSA) is 86.8 Å². The minimum Gasteiger partial charge on any atom is -0.393 e. The van der Waals surface area contributed by atoms with Crippen LogP contribution in [0.5, 0.6) is 0 Å². The maximum absolute atomic E-state index is 14.7. The molecular weight excluding hydrogens is 476 g/mol. The number of piperidine rings is 1. The summed E-state index contributed by atoms with van der Waals surface area (Å²) in [5.74, 6) is -9.01. The quantitative estimate of drug-likeness (QED) is 0.507. The van der Waals surface area contributed by atoms with Gasteiger partial charge in [0.25, 0.3) is 11.8 Å². The normalized spacial score (nSPS) is 20.9. The zero-order valence-corrected chi connectivity index (χ0v) is 18.9. The Balaban J connectivity index is 1.55. The van der Waals surface area contributed by atoms with Crippen molar-refractivity contribution in [1.29, 1.82) is 0 Å². The molecule has 7 nitrogen and oxygen atoms in total. The lowest BCUT2D eigenvalue weighted by Gasteiger charge is -2.40. The Bertz CT molecular complexity index is 1250. The van der Waals surface area contributed by atoms with Gasteiger partial charge in [-0.1, -0.05) is 35.9 Å². The molecule has 2 heterocycles. The first-order valence-electron chi connectivity index (χ1n) is 10.4. The Kier molecular flexibility index (Phi) is 6.29. The number of alkyl halides is 2. The molecule has 1 unspecified atom stereocenters. The fraction of sp³-hybridized carbons (Fsp3) is 0.273. The Morgan fingerprint density at radius 3 is 2.46 bits per heavy atom. The molecule has 0 saturated carbocycles. The van der Waals surface area contributed by atoms with Gasteiger partial charge in [-0.25, -0.2) is 0 Å². The summed E-state index contributed by atoms with van der Waals surface area (Å²) in [6, 6.07) is 8.63. The number of nitrogens with zero attached hydrogens (tertiary/aromatic N) is 2. The summed E-state index contributed by atoms with van der Waals surface area (Å²) in [5.41, 5.74) is -1.54. The van der Waals surface area contributed by atoms with Crippen molar-refractivity contribution in [3.05, 3.63) is 69.7 Å². The molecular formula is C22H15B3ClF2N3O4. The van der Waals surface area contributed by atoms with E-state index in [0.717, 1.165) is 17.0 Å². The molecule has 35 heavy (non-hydrogen) atoms. The van der Waals surface area contributed by atoms with Crippen molar-refractivity contribution in [2.45, 2.75) is 36.7 Å². The van der Waals surface area contributed by atoms with Gasteiger partial charge in [-0.2, -0.15) is 8.78 Å². The van der Waals surface area contributed by atoms with Crippen LogP contribution in [0.3, 0.4) is 0 Å². The third-order valence-electron chi connectivity index (χ3n) is 6.15. The van der Waals surface area contributed by atoms with E-state index < -0.39 is 46.5 Å². The number of halogens is 3. The average Bonchev–Trinajstić information content (AvgIpc) is 3.16. The van der Waals surface area contributed by atoms with Gasteiger partial charge >= 0.3 is 5.92 Å². The molecule has 2 aromatic rings. The van der Waals surface area contributed by atoms with Gasteiger partial charge in [0, 0.05) is 35.1 Å². The molecule has 13 heteroatoms.